The van der Waals surface area contributed by atoms with Crippen molar-refractivity contribution < 1.29 is 4.74 Å². The van der Waals surface area contributed by atoms with Crippen LogP contribution in [0.1, 0.15) is 16.8 Å². The predicted octanol–water partition coefficient (Wildman–Crippen LogP) is 3.88. The highest BCUT2D eigenvalue weighted by Crippen LogP contribution is 2.26. The monoisotopic (exact) mass is 353 g/mol. The summed E-state index contributed by atoms with van der Waals surface area (Å²) in [5.74, 6) is 2.07. The molecular weight excluding hydrogens is 338 g/mol. The number of H-pyrrole nitrogens is 2. The maximum Gasteiger partial charge on any atom is 0.181 e. The number of methoxy groups -OCH3 is 1. The Labute approximate surface area is 149 Å². The van der Waals surface area contributed by atoms with Crippen LogP contribution >= 0.6 is 11.6 Å². The average Bonchev–Trinajstić information content (AvgIpc) is 3.30. The first-order valence-electron chi connectivity index (χ1n) is 7.86. The molecule has 2 N–H and O–H groups in total. The molecule has 1 unspecified atom stereocenters. The molecule has 0 aliphatic carbocycles. The Hall–Kier alpha value is -2.86. The highest BCUT2D eigenvalue weighted by atomic mass is 35.5. The van der Waals surface area contributed by atoms with Gasteiger partial charge in [-0.15, -0.1) is 11.6 Å². The first-order chi connectivity index (χ1) is 12.2. The van der Waals surface area contributed by atoms with Gasteiger partial charge < -0.3 is 9.72 Å². The summed E-state index contributed by atoms with van der Waals surface area (Å²) in [6.07, 6.45) is 2.30. The fourth-order valence-corrected chi connectivity index (χ4v) is 3.00. The molecule has 1 atom stereocenters. The van der Waals surface area contributed by atoms with Gasteiger partial charge in [0.25, 0.3) is 0 Å². The zero-order valence-electron chi connectivity index (χ0n) is 13.5. The van der Waals surface area contributed by atoms with Crippen molar-refractivity contribution in [2.24, 2.45) is 0 Å². The fraction of sp³-hybridized carbons (Fsp3) is 0.167. The summed E-state index contributed by atoms with van der Waals surface area (Å²) >= 11 is 6.52. The lowest BCUT2D eigenvalue weighted by Crippen LogP contribution is -1.99. The van der Waals surface area contributed by atoms with Gasteiger partial charge in [-0.2, -0.15) is 5.10 Å². The lowest BCUT2D eigenvalue weighted by atomic mass is 10.1. The van der Waals surface area contributed by atoms with E-state index < -0.39 is 0 Å². The highest BCUT2D eigenvalue weighted by molar-refractivity contribution is 6.20. The summed E-state index contributed by atoms with van der Waals surface area (Å²) in [6.45, 7) is 0. The molecule has 25 heavy (non-hydrogen) atoms. The zero-order valence-corrected chi connectivity index (χ0v) is 14.3. The van der Waals surface area contributed by atoms with Crippen molar-refractivity contribution in [3.63, 3.8) is 0 Å². The Balaban J connectivity index is 1.55. The zero-order chi connectivity index (χ0) is 17.2. The molecule has 4 aromatic rings. The lowest BCUT2D eigenvalue weighted by molar-refractivity contribution is 0.414. The van der Waals surface area contributed by atoms with Gasteiger partial charge in [-0.1, -0.05) is 12.1 Å². The van der Waals surface area contributed by atoms with Gasteiger partial charge >= 0.3 is 0 Å². The molecule has 0 fully saturated rings. The average molecular weight is 354 g/mol. The van der Waals surface area contributed by atoms with E-state index in [0.717, 1.165) is 27.9 Å². The molecule has 0 saturated heterocycles. The predicted molar refractivity (Wildman–Crippen MR) is 96.8 cm³/mol. The Morgan fingerprint density at radius 2 is 2.12 bits per heavy atom. The van der Waals surface area contributed by atoms with Gasteiger partial charge in [-0.25, -0.2) is 9.97 Å². The number of aromatic nitrogens is 5. The van der Waals surface area contributed by atoms with E-state index in [4.69, 9.17) is 16.3 Å². The summed E-state index contributed by atoms with van der Waals surface area (Å²) in [5, 5.41) is 6.94. The molecular formula is C18H16ClN5O. The standard InChI is InChI=1S/C18H16ClN5O/c1-25-13-4-2-3-11(7-13)8-14(19)18-22-17(23-24-18)12-5-6-15-16(9-12)21-10-20-15/h2-7,9-10,14H,8H2,1H3,(H,20,21)(H,22,23,24). The smallest absolute Gasteiger partial charge is 0.181 e. The third-order valence-electron chi connectivity index (χ3n) is 4.03. The van der Waals surface area contributed by atoms with Gasteiger partial charge in [0.1, 0.15) is 11.6 Å². The molecule has 2 aromatic carbocycles. The maximum atomic E-state index is 6.52. The summed E-state index contributed by atoms with van der Waals surface area (Å²) in [5.41, 5.74) is 3.84. The number of nitrogens with zero attached hydrogens (tertiary/aromatic N) is 3. The van der Waals surface area contributed by atoms with E-state index in [9.17, 15) is 0 Å². The summed E-state index contributed by atoms with van der Waals surface area (Å²) in [7, 11) is 1.65. The molecule has 0 spiro atoms. The van der Waals surface area contributed by atoms with Crippen LogP contribution in [0, 0.1) is 0 Å². The lowest BCUT2D eigenvalue weighted by Gasteiger charge is -2.07. The second-order valence-electron chi connectivity index (χ2n) is 5.70. The van der Waals surface area contributed by atoms with E-state index in [2.05, 4.69) is 25.1 Å². The fourth-order valence-electron chi connectivity index (χ4n) is 2.72. The van der Waals surface area contributed by atoms with Crippen molar-refractivity contribution in [2.75, 3.05) is 7.11 Å². The van der Waals surface area contributed by atoms with Gasteiger partial charge in [0.05, 0.1) is 29.8 Å². The second-order valence-corrected chi connectivity index (χ2v) is 6.23. The Kier molecular flexibility index (Phi) is 4.11. The molecule has 0 radical (unpaired) electrons. The third kappa shape index (κ3) is 3.21. The number of halogens is 1. The van der Waals surface area contributed by atoms with E-state index in [0.29, 0.717) is 18.1 Å². The molecule has 126 valence electrons. The molecule has 0 bridgehead atoms. The van der Waals surface area contributed by atoms with Gasteiger partial charge in [0.15, 0.2) is 5.82 Å². The largest absolute Gasteiger partial charge is 0.497 e. The molecule has 0 aliphatic heterocycles. The van der Waals surface area contributed by atoms with Crippen LogP contribution in [0.4, 0.5) is 0 Å². The van der Waals surface area contributed by atoms with E-state index in [-0.39, 0.29) is 5.38 Å². The number of alkyl halides is 1. The Morgan fingerprint density at radius 3 is 3.00 bits per heavy atom. The minimum Gasteiger partial charge on any atom is -0.497 e. The van der Waals surface area contributed by atoms with E-state index >= 15 is 0 Å². The summed E-state index contributed by atoms with van der Waals surface area (Å²) in [4.78, 5) is 11.8. The molecule has 6 nitrogen and oxygen atoms in total. The van der Waals surface area contributed by atoms with Crippen LogP contribution in [-0.4, -0.2) is 32.3 Å². The van der Waals surface area contributed by atoms with Crippen LogP contribution < -0.4 is 4.74 Å². The second kappa shape index (κ2) is 6.57. The van der Waals surface area contributed by atoms with Crippen molar-refractivity contribution in [3.05, 3.63) is 60.2 Å². The molecule has 0 aliphatic rings. The number of aromatic amines is 2. The first-order valence-corrected chi connectivity index (χ1v) is 8.29. The SMILES string of the molecule is COc1cccc(CC(Cl)c2nc(-c3ccc4nc[nH]c4c3)n[nH]2)c1. The van der Waals surface area contributed by atoms with E-state index in [1.54, 1.807) is 13.4 Å². The van der Waals surface area contributed by atoms with Crippen LogP contribution in [0.3, 0.4) is 0 Å². The van der Waals surface area contributed by atoms with Crippen molar-refractivity contribution in [3.8, 4) is 17.1 Å². The van der Waals surface area contributed by atoms with Crippen molar-refractivity contribution >= 4 is 22.6 Å². The molecule has 0 saturated carbocycles. The quantitative estimate of drug-likeness (QED) is 0.534. The highest BCUT2D eigenvalue weighted by Gasteiger charge is 2.15. The number of fused-ring (bicyclic) bond motifs is 1. The number of rotatable bonds is 5. The normalized spacial score (nSPS) is 12.4. The van der Waals surface area contributed by atoms with Gasteiger partial charge in [-0.3, -0.25) is 5.10 Å². The Bertz CT molecular complexity index is 1010. The molecule has 0 amide bonds. The third-order valence-corrected chi connectivity index (χ3v) is 4.39. The number of imidazole rings is 1. The van der Waals surface area contributed by atoms with E-state index in [1.165, 1.54) is 0 Å². The van der Waals surface area contributed by atoms with Crippen LogP contribution in [-0.2, 0) is 6.42 Å². The van der Waals surface area contributed by atoms with E-state index in [1.807, 2.05) is 42.5 Å². The van der Waals surface area contributed by atoms with Gasteiger partial charge in [-0.05, 0) is 42.3 Å². The number of hydrogen-bond acceptors (Lipinski definition) is 4. The topological polar surface area (TPSA) is 79.5 Å². The number of nitrogens with one attached hydrogen (secondary N) is 2. The first kappa shape index (κ1) is 15.7. The Morgan fingerprint density at radius 1 is 1.20 bits per heavy atom. The van der Waals surface area contributed by atoms with Crippen LogP contribution in [0.5, 0.6) is 5.75 Å². The molecule has 4 rings (SSSR count). The maximum absolute atomic E-state index is 6.52. The van der Waals surface area contributed by atoms with Gasteiger partial charge in [0, 0.05) is 5.56 Å². The number of benzene rings is 2. The number of hydrogen-bond donors (Lipinski definition) is 2. The van der Waals surface area contributed by atoms with Crippen LogP contribution in [0.2, 0.25) is 0 Å². The van der Waals surface area contributed by atoms with Crippen LogP contribution in [0.25, 0.3) is 22.4 Å². The molecule has 7 heteroatoms. The van der Waals surface area contributed by atoms with Crippen molar-refractivity contribution in [2.45, 2.75) is 11.8 Å². The molecule has 2 heterocycles. The minimum absolute atomic E-state index is 0.302. The van der Waals surface area contributed by atoms with Crippen LogP contribution in [0.15, 0.2) is 48.8 Å². The van der Waals surface area contributed by atoms with Crippen molar-refractivity contribution in [1.82, 2.24) is 25.1 Å². The number of ether oxygens (including phenoxy) is 1. The summed E-state index contributed by atoms with van der Waals surface area (Å²) < 4.78 is 5.25. The van der Waals surface area contributed by atoms with Crippen molar-refractivity contribution in [1.29, 1.82) is 0 Å². The van der Waals surface area contributed by atoms with Gasteiger partial charge in [0.2, 0.25) is 0 Å². The summed E-state index contributed by atoms with van der Waals surface area (Å²) in [6, 6.07) is 13.7. The molecule has 2 aromatic heterocycles. The minimum atomic E-state index is -0.302.